The van der Waals surface area contributed by atoms with Crippen LogP contribution in [0.25, 0.3) is 0 Å². The second-order valence-electron chi connectivity index (χ2n) is 7.08. The highest BCUT2D eigenvalue weighted by Crippen LogP contribution is 2.40. The van der Waals surface area contributed by atoms with Crippen molar-refractivity contribution in [3.05, 3.63) is 115 Å². The summed E-state index contributed by atoms with van der Waals surface area (Å²) in [4.78, 5) is 27.5. The number of nitrogens with one attached hydrogen (secondary N) is 2. The third-order valence-corrected chi connectivity index (χ3v) is 8.61. The van der Waals surface area contributed by atoms with Gasteiger partial charge in [-0.15, -0.1) is 0 Å². The highest BCUT2D eigenvalue weighted by Gasteiger charge is 2.16. The van der Waals surface area contributed by atoms with E-state index in [0.29, 0.717) is 11.1 Å². The number of carbonyl (C=O) groups is 2. The van der Waals surface area contributed by atoms with Crippen LogP contribution >= 0.6 is 66.8 Å². The van der Waals surface area contributed by atoms with Gasteiger partial charge in [0, 0.05) is 28.3 Å². The average molecular weight is 708 g/mol. The molecule has 0 fully saturated rings. The van der Waals surface area contributed by atoms with E-state index in [-0.39, 0.29) is 11.8 Å². The van der Waals surface area contributed by atoms with Crippen molar-refractivity contribution in [2.45, 2.75) is 9.79 Å². The first-order chi connectivity index (χ1) is 16.5. The summed E-state index contributed by atoms with van der Waals surface area (Å²) in [5.74, 6) is -0.343. The molecule has 4 nitrogen and oxygen atoms in total. The Morgan fingerprint density at radius 3 is 1.26 bits per heavy atom. The number of carbonyl (C=O) groups excluding carboxylic acids is 2. The van der Waals surface area contributed by atoms with E-state index in [1.54, 1.807) is 12.1 Å². The minimum Gasteiger partial charge on any atom is -0.322 e. The van der Waals surface area contributed by atoms with Crippen molar-refractivity contribution in [1.29, 1.82) is 0 Å². The van der Waals surface area contributed by atoms with E-state index in [9.17, 15) is 9.59 Å². The Bertz CT molecular complexity index is 1210. The molecule has 4 aromatic rings. The van der Waals surface area contributed by atoms with E-state index in [4.69, 9.17) is 0 Å². The Balaban J connectivity index is 1.48. The van der Waals surface area contributed by atoms with Gasteiger partial charge < -0.3 is 10.6 Å². The van der Waals surface area contributed by atoms with Crippen LogP contribution in [-0.2, 0) is 0 Å². The van der Waals surface area contributed by atoms with Gasteiger partial charge in [0.2, 0.25) is 0 Å². The first-order valence-electron chi connectivity index (χ1n) is 10.2. The van der Waals surface area contributed by atoms with E-state index in [1.165, 1.54) is 21.6 Å². The Morgan fingerprint density at radius 1 is 0.529 bits per heavy atom. The molecule has 0 spiro atoms. The Morgan fingerprint density at radius 2 is 0.882 bits per heavy atom. The molecule has 0 bridgehead atoms. The molecule has 2 N–H and O–H groups in total. The van der Waals surface area contributed by atoms with E-state index in [2.05, 4.69) is 55.8 Å². The van der Waals surface area contributed by atoms with Gasteiger partial charge in [-0.2, -0.15) is 0 Å². The molecule has 34 heavy (non-hydrogen) atoms. The molecule has 0 heterocycles. The highest BCUT2D eigenvalue weighted by atomic mass is 127. The van der Waals surface area contributed by atoms with Crippen molar-refractivity contribution in [2.75, 3.05) is 10.6 Å². The Hall–Kier alpha value is -2.02. The fraction of sp³-hybridized carbons (Fsp3) is 0. The molecule has 0 atom stereocenters. The normalized spacial score (nSPS) is 10.5. The van der Waals surface area contributed by atoms with Crippen molar-refractivity contribution in [3.8, 4) is 0 Å². The van der Waals surface area contributed by atoms with E-state index < -0.39 is 0 Å². The molecular weight excluding hydrogens is 690 g/mol. The zero-order valence-electron chi connectivity index (χ0n) is 17.6. The van der Waals surface area contributed by atoms with Gasteiger partial charge in [0.05, 0.1) is 11.1 Å². The lowest BCUT2D eigenvalue weighted by Crippen LogP contribution is -2.13. The largest absolute Gasteiger partial charge is 0.322 e. The van der Waals surface area contributed by atoms with Gasteiger partial charge in [0.15, 0.2) is 0 Å². The summed E-state index contributed by atoms with van der Waals surface area (Å²) >= 11 is 4.46. The number of halogens is 2. The summed E-state index contributed by atoms with van der Waals surface area (Å²) in [6, 6.07) is 30.3. The first-order valence-corrected chi connectivity index (χ1v) is 14.5. The maximum Gasteiger partial charge on any atom is 0.256 e. The zero-order valence-corrected chi connectivity index (χ0v) is 23.6. The third-order valence-electron chi connectivity index (χ3n) is 4.69. The maximum absolute atomic E-state index is 12.9. The molecule has 0 aromatic heterocycles. The molecule has 0 aliphatic rings. The van der Waals surface area contributed by atoms with Crippen LogP contribution in [0.2, 0.25) is 0 Å². The smallest absolute Gasteiger partial charge is 0.256 e. The van der Waals surface area contributed by atoms with Crippen molar-refractivity contribution < 1.29 is 9.59 Å². The number of anilines is 2. The number of benzene rings is 4. The Kier molecular flexibility index (Phi) is 8.92. The van der Waals surface area contributed by atoms with E-state index >= 15 is 0 Å². The van der Waals surface area contributed by atoms with Crippen LogP contribution in [0.3, 0.4) is 0 Å². The number of hydrogen-bond donors (Lipinski definition) is 2. The molecule has 0 saturated carbocycles. The molecule has 0 aliphatic heterocycles. The van der Waals surface area contributed by atoms with Crippen molar-refractivity contribution in [1.82, 2.24) is 0 Å². The van der Waals surface area contributed by atoms with Gasteiger partial charge in [-0.3, -0.25) is 9.59 Å². The fourth-order valence-corrected chi connectivity index (χ4v) is 6.09. The molecule has 8 heteroatoms. The molecular formula is C26H18I2N2O2S2. The lowest BCUT2D eigenvalue weighted by atomic mass is 10.2. The van der Waals surface area contributed by atoms with Crippen LogP contribution in [0.1, 0.15) is 20.7 Å². The predicted molar refractivity (Wildman–Crippen MR) is 159 cm³/mol. The predicted octanol–water partition coefficient (Wildman–Crippen LogP) is 8.20. The van der Waals surface area contributed by atoms with Crippen LogP contribution in [0.5, 0.6) is 0 Å². The van der Waals surface area contributed by atoms with Crippen molar-refractivity contribution in [3.63, 3.8) is 0 Å². The second-order valence-corrected chi connectivity index (χ2v) is 11.8. The topological polar surface area (TPSA) is 58.2 Å². The van der Waals surface area contributed by atoms with Gasteiger partial charge in [-0.25, -0.2) is 0 Å². The summed E-state index contributed by atoms with van der Waals surface area (Å²) in [6.07, 6.45) is 0. The van der Waals surface area contributed by atoms with Crippen LogP contribution < -0.4 is 10.6 Å². The molecule has 0 saturated heterocycles. The summed E-state index contributed by atoms with van der Waals surface area (Å²) < 4.78 is 2.21. The lowest BCUT2D eigenvalue weighted by Gasteiger charge is -2.12. The van der Waals surface area contributed by atoms with Crippen LogP contribution in [-0.4, -0.2) is 11.8 Å². The Labute approximate surface area is 233 Å². The van der Waals surface area contributed by atoms with Gasteiger partial charge >= 0.3 is 0 Å². The summed E-state index contributed by atoms with van der Waals surface area (Å²) in [5.41, 5.74) is 2.66. The van der Waals surface area contributed by atoms with Crippen LogP contribution in [0.4, 0.5) is 11.4 Å². The number of hydrogen-bond acceptors (Lipinski definition) is 4. The third kappa shape index (κ3) is 6.77. The summed E-state index contributed by atoms with van der Waals surface area (Å²) in [5, 5.41) is 5.91. The minimum atomic E-state index is -0.172. The first kappa shape index (κ1) is 25.1. The van der Waals surface area contributed by atoms with Gasteiger partial charge in [0.25, 0.3) is 11.8 Å². The van der Waals surface area contributed by atoms with Gasteiger partial charge in [0.1, 0.15) is 0 Å². The molecule has 170 valence electrons. The van der Waals surface area contributed by atoms with E-state index in [0.717, 1.165) is 28.3 Å². The van der Waals surface area contributed by atoms with Gasteiger partial charge in [-0.05, 0) is 118 Å². The molecule has 0 unspecified atom stereocenters. The fourth-order valence-electron chi connectivity index (χ4n) is 3.01. The van der Waals surface area contributed by atoms with Crippen LogP contribution in [0.15, 0.2) is 107 Å². The van der Waals surface area contributed by atoms with Crippen molar-refractivity contribution in [2.24, 2.45) is 0 Å². The summed E-state index contributed by atoms with van der Waals surface area (Å²) in [7, 11) is 2.91. The van der Waals surface area contributed by atoms with Gasteiger partial charge in [-0.1, -0.05) is 45.9 Å². The van der Waals surface area contributed by atoms with Crippen molar-refractivity contribution >= 4 is 90.0 Å². The van der Waals surface area contributed by atoms with E-state index in [1.807, 2.05) is 84.9 Å². The standard InChI is InChI=1S/C26H18I2N2O2S2/c27-17-9-13-19(14-10-17)29-25(31)21-5-1-3-7-23(21)33-34-24-8-4-2-6-22(24)26(32)30-20-15-11-18(28)12-16-20/h1-16H,(H,29,31)(H,30,32). The highest BCUT2D eigenvalue weighted by molar-refractivity contribution is 14.1. The monoisotopic (exact) mass is 708 g/mol. The quantitative estimate of drug-likeness (QED) is 0.150. The minimum absolute atomic E-state index is 0.172. The number of amides is 2. The molecule has 4 rings (SSSR count). The summed E-state index contributed by atoms with van der Waals surface area (Å²) in [6.45, 7) is 0. The maximum atomic E-state index is 12.9. The second kappa shape index (κ2) is 12.1. The molecule has 0 radical (unpaired) electrons. The zero-order chi connectivity index (χ0) is 23.9. The molecule has 4 aromatic carbocycles. The van der Waals surface area contributed by atoms with Crippen LogP contribution in [0, 0.1) is 7.14 Å². The molecule has 2 amide bonds. The average Bonchev–Trinajstić information content (AvgIpc) is 2.86. The molecule has 0 aliphatic carbocycles. The number of rotatable bonds is 7. The lowest BCUT2D eigenvalue weighted by molar-refractivity contribution is 0.101. The SMILES string of the molecule is O=C(Nc1ccc(I)cc1)c1ccccc1SSc1ccccc1C(=O)Nc1ccc(I)cc1.